The Balaban J connectivity index is 1.26. The van der Waals surface area contributed by atoms with Crippen molar-refractivity contribution < 1.29 is 0 Å². The van der Waals surface area contributed by atoms with Crippen LogP contribution < -0.4 is 0 Å². The average Bonchev–Trinajstić information content (AvgIpc) is 3.62. The zero-order valence-corrected chi connectivity index (χ0v) is 22.1. The van der Waals surface area contributed by atoms with Gasteiger partial charge in [-0.25, -0.2) is 0 Å². The lowest BCUT2D eigenvalue weighted by Gasteiger charge is -1.95. The third-order valence-electron chi connectivity index (χ3n) is 5.39. The molecule has 0 aromatic carbocycles. The predicted molar refractivity (Wildman–Crippen MR) is 151 cm³/mol. The largest absolute Gasteiger partial charge is 0.131 e. The zero-order valence-electron chi connectivity index (χ0n) is 16.1. The Morgan fingerprint density at radius 3 is 0.800 bits per heavy atom. The number of hydrogen-bond donors (Lipinski definition) is 0. The molecular weight excluding hydrogens is 474 g/mol. The molecule has 146 valence electrons. The van der Waals surface area contributed by atoms with Gasteiger partial charge < -0.3 is 0 Å². The third kappa shape index (κ3) is 3.73. The third-order valence-corrected chi connectivity index (χ3v) is 14.5. The first kappa shape index (κ1) is 19.4. The van der Waals surface area contributed by atoms with Crippen LogP contribution in [0.2, 0.25) is 0 Å². The molecular formula is C24H20P6. The van der Waals surface area contributed by atoms with Crippen LogP contribution in [-0.2, 0) is 0 Å². The zero-order chi connectivity index (χ0) is 19.9. The van der Waals surface area contributed by atoms with Crippen molar-refractivity contribution in [1.82, 2.24) is 0 Å². The Kier molecular flexibility index (Phi) is 5.37. The molecule has 0 bridgehead atoms. The van der Waals surface area contributed by atoms with Gasteiger partial charge in [0.25, 0.3) is 0 Å². The standard InChI is InChI=1S/C24H20P6/c1-3-15(25-13-1)17-5-7-19(27-17)21-9-11-23(29-21)24-12-10-22(30-24)20-8-6-18(28-20)16-4-2-14-26-16/h1-14,25-30H. The van der Waals surface area contributed by atoms with E-state index in [4.69, 9.17) is 0 Å². The molecule has 6 unspecified atom stereocenters. The van der Waals surface area contributed by atoms with E-state index in [0.717, 1.165) is 49.2 Å². The molecule has 30 heavy (non-hydrogen) atoms. The second-order valence-electron chi connectivity index (χ2n) is 7.31. The molecule has 0 N–H and O–H groups in total. The molecule has 6 aromatic rings. The molecule has 6 atom stereocenters. The number of rotatable bonds is 5. The van der Waals surface area contributed by atoms with E-state index in [2.05, 4.69) is 84.4 Å². The van der Waals surface area contributed by atoms with Crippen LogP contribution in [0, 0.1) is 0 Å². The smallest absolute Gasteiger partial charge is 0.00253 e. The van der Waals surface area contributed by atoms with Gasteiger partial charge in [-0.3, -0.25) is 0 Å². The van der Waals surface area contributed by atoms with E-state index in [9.17, 15) is 0 Å². The second kappa shape index (κ2) is 8.31. The predicted octanol–water partition coefficient (Wildman–Crippen LogP) is 10.2. The van der Waals surface area contributed by atoms with Crippen LogP contribution in [-0.4, -0.2) is 0 Å². The molecule has 0 aliphatic heterocycles. The van der Waals surface area contributed by atoms with E-state index in [1.54, 1.807) is 42.4 Å². The molecule has 6 heteroatoms. The Labute approximate surface area is 186 Å². The first-order valence-corrected chi connectivity index (χ1v) is 16.0. The monoisotopic (exact) mass is 494 g/mol. The molecule has 0 amide bonds. The summed E-state index contributed by atoms with van der Waals surface area (Å²) >= 11 is 0. The Bertz CT molecular complexity index is 1280. The van der Waals surface area contributed by atoms with Gasteiger partial charge in [0.05, 0.1) is 0 Å². The Morgan fingerprint density at radius 2 is 0.567 bits per heavy atom. The first-order chi connectivity index (χ1) is 14.8. The summed E-state index contributed by atoms with van der Waals surface area (Å²) in [5.41, 5.74) is 0. The van der Waals surface area contributed by atoms with Crippen LogP contribution in [0.4, 0.5) is 0 Å². The second-order valence-corrected chi connectivity index (χ2v) is 14.9. The highest BCUT2D eigenvalue weighted by Gasteiger charge is 2.10. The van der Waals surface area contributed by atoms with Crippen LogP contribution in [0.15, 0.2) is 84.4 Å². The van der Waals surface area contributed by atoms with Crippen LogP contribution in [0.1, 0.15) is 0 Å². The number of hydrogen-bond acceptors (Lipinski definition) is 0. The summed E-state index contributed by atoms with van der Waals surface area (Å²) in [7, 11) is 5.00. The topological polar surface area (TPSA) is 0 Å². The molecule has 6 rings (SSSR count). The quantitative estimate of drug-likeness (QED) is 0.224. The maximum atomic E-state index is 2.38. The van der Waals surface area contributed by atoms with Gasteiger partial charge in [0.1, 0.15) is 0 Å². The van der Waals surface area contributed by atoms with E-state index in [1.165, 1.54) is 10.6 Å². The minimum atomic E-state index is 0.812. The van der Waals surface area contributed by atoms with Crippen molar-refractivity contribution in [3.63, 3.8) is 0 Å². The van der Waals surface area contributed by atoms with Crippen molar-refractivity contribution in [2.75, 3.05) is 0 Å². The van der Waals surface area contributed by atoms with Crippen molar-refractivity contribution in [2.24, 2.45) is 0 Å². The van der Waals surface area contributed by atoms with E-state index < -0.39 is 0 Å². The van der Waals surface area contributed by atoms with Crippen LogP contribution >= 0.6 is 49.2 Å². The molecule has 6 aromatic heterocycles. The summed E-state index contributed by atoms with van der Waals surface area (Å²) in [6.45, 7) is 0. The Hall–Kier alpha value is -1.32. The summed E-state index contributed by atoms with van der Waals surface area (Å²) in [5, 5.41) is 15.5. The van der Waals surface area contributed by atoms with Crippen molar-refractivity contribution >= 4 is 49.2 Å². The molecule has 0 spiro atoms. The lowest BCUT2D eigenvalue weighted by molar-refractivity contribution is 1.89. The van der Waals surface area contributed by atoms with Gasteiger partial charge in [-0.15, -0.1) is 49.2 Å². The Morgan fingerprint density at radius 1 is 0.300 bits per heavy atom. The van der Waals surface area contributed by atoms with Crippen molar-refractivity contribution in [3.8, 4) is 53.0 Å². The fourth-order valence-electron chi connectivity index (χ4n) is 3.83. The molecule has 0 nitrogen and oxygen atoms in total. The highest BCUT2D eigenvalue weighted by atomic mass is 31.1. The van der Waals surface area contributed by atoms with E-state index in [-0.39, 0.29) is 0 Å². The van der Waals surface area contributed by atoms with Gasteiger partial charge in [0, 0.05) is 53.0 Å². The van der Waals surface area contributed by atoms with E-state index in [0.29, 0.717) is 0 Å². The van der Waals surface area contributed by atoms with Crippen LogP contribution in [0.5, 0.6) is 0 Å². The van der Waals surface area contributed by atoms with E-state index in [1.807, 2.05) is 0 Å². The summed E-state index contributed by atoms with van der Waals surface area (Å²) in [5.74, 6) is 4.57. The summed E-state index contributed by atoms with van der Waals surface area (Å²) in [6.07, 6.45) is 0. The fraction of sp³-hybridized carbons (Fsp3) is 0. The minimum absolute atomic E-state index is 0.812. The minimum Gasteiger partial charge on any atom is -0.131 e. The molecule has 0 fully saturated rings. The molecule has 0 saturated carbocycles. The highest BCUT2D eigenvalue weighted by Crippen LogP contribution is 2.51. The molecule has 6 heterocycles. The molecule has 0 aliphatic rings. The molecule has 0 saturated heterocycles. The van der Waals surface area contributed by atoms with Crippen molar-refractivity contribution in [1.29, 1.82) is 0 Å². The van der Waals surface area contributed by atoms with Crippen LogP contribution in [0.25, 0.3) is 53.0 Å². The van der Waals surface area contributed by atoms with Crippen molar-refractivity contribution in [2.45, 2.75) is 0 Å². The maximum absolute atomic E-state index is 2.38. The van der Waals surface area contributed by atoms with Gasteiger partial charge in [0.2, 0.25) is 0 Å². The molecule has 0 aliphatic carbocycles. The lowest BCUT2D eigenvalue weighted by atomic mass is 10.3. The SMILES string of the molecule is c1c[pH]c(-c2ccc(-c3ccc(-c4ccc(-c5ccc(-c6ccc[pH]6)[pH]5)[pH]4)[pH]3)[pH]2)c1. The maximum Gasteiger partial charge on any atom is 0.00253 e. The van der Waals surface area contributed by atoms with Gasteiger partial charge in [-0.2, -0.15) is 0 Å². The average molecular weight is 494 g/mol. The van der Waals surface area contributed by atoms with Crippen LogP contribution in [0.3, 0.4) is 0 Å². The summed E-state index contributed by atoms with van der Waals surface area (Å²) < 4.78 is 0. The summed E-state index contributed by atoms with van der Waals surface area (Å²) in [6, 6.07) is 28.0. The molecule has 0 radical (unpaired) electrons. The van der Waals surface area contributed by atoms with Gasteiger partial charge >= 0.3 is 0 Å². The normalized spacial score (nSPS) is 12.9. The fourth-order valence-corrected chi connectivity index (χ4v) is 11.6. The van der Waals surface area contributed by atoms with Crippen molar-refractivity contribution in [3.05, 3.63) is 84.4 Å². The van der Waals surface area contributed by atoms with Gasteiger partial charge in [-0.1, -0.05) is 24.3 Å². The lowest BCUT2D eigenvalue weighted by Crippen LogP contribution is -1.54. The van der Waals surface area contributed by atoms with Gasteiger partial charge in [0.15, 0.2) is 0 Å². The van der Waals surface area contributed by atoms with Gasteiger partial charge in [-0.05, 0) is 60.1 Å². The van der Waals surface area contributed by atoms with E-state index >= 15 is 0 Å². The highest BCUT2D eigenvalue weighted by molar-refractivity contribution is 7.48. The summed E-state index contributed by atoms with van der Waals surface area (Å²) in [4.78, 5) is 0. The first-order valence-electron chi connectivity index (χ1n) is 9.88.